The van der Waals surface area contributed by atoms with Crippen molar-refractivity contribution >= 4 is 22.8 Å². The summed E-state index contributed by atoms with van der Waals surface area (Å²) in [6, 6.07) is 21.5. The molecule has 2 aromatic carbocycles. The number of carboxylic acid groups (broad SMARTS) is 1. The summed E-state index contributed by atoms with van der Waals surface area (Å²) in [7, 11) is 0. The number of hydrogen-bond acceptors (Lipinski definition) is 4. The topological polar surface area (TPSA) is 82.5 Å². The second-order valence-corrected chi connectivity index (χ2v) is 7.44. The number of amides is 1. The van der Waals surface area contributed by atoms with Gasteiger partial charge in [-0.1, -0.05) is 54.6 Å². The molecule has 1 aliphatic heterocycles. The van der Waals surface area contributed by atoms with Gasteiger partial charge in [0.15, 0.2) is 0 Å². The fourth-order valence-electron chi connectivity index (χ4n) is 3.89. The molecule has 0 radical (unpaired) electrons. The molecule has 29 heavy (non-hydrogen) atoms. The van der Waals surface area contributed by atoms with Gasteiger partial charge in [0.2, 0.25) is 5.91 Å². The highest BCUT2D eigenvalue weighted by atomic mass is 16.4. The van der Waals surface area contributed by atoms with E-state index >= 15 is 0 Å². The van der Waals surface area contributed by atoms with Gasteiger partial charge in [-0.05, 0) is 17.7 Å². The molecule has 1 saturated heterocycles. The molecule has 0 bridgehead atoms. The average Bonchev–Trinajstić information content (AvgIpc) is 3.17. The minimum atomic E-state index is -0.926. The van der Waals surface area contributed by atoms with Crippen LogP contribution in [-0.2, 0) is 22.7 Å². The van der Waals surface area contributed by atoms with E-state index in [4.69, 9.17) is 0 Å². The van der Waals surface area contributed by atoms with Crippen LogP contribution in [0.25, 0.3) is 10.9 Å². The van der Waals surface area contributed by atoms with E-state index in [0.717, 1.165) is 22.2 Å². The first-order valence-corrected chi connectivity index (χ1v) is 9.71. The quantitative estimate of drug-likeness (QED) is 0.677. The molecule has 2 N–H and O–H groups in total. The molecule has 0 aliphatic carbocycles. The van der Waals surface area contributed by atoms with E-state index in [1.807, 2.05) is 71.6 Å². The number of carbonyl (C=O) groups excluding carboxylic acids is 1. The molecule has 1 fully saturated rings. The second kappa shape index (κ2) is 8.41. The van der Waals surface area contributed by atoms with E-state index in [0.29, 0.717) is 19.6 Å². The first kappa shape index (κ1) is 19.1. The second-order valence-electron chi connectivity index (χ2n) is 7.44. The van der Waals surface area contributed by atoms with Crippen molar-refractivity contribution in [2.75, 3.05) is 13.1 Å². The number of carboxylic acids is 1. The van der Waals surface area contributed by atoms with Crippen molar-refractivity contribution in [1.82, 2.24) is 15.2 Å². The number of aromatic nitrogens is 1. The van der Waals surface area contributed by atoms with E-state index < -0.39 is 17.8 Å². The van der Waals surface area contributed by atoms with Crippen LogP contribution >= 0.6 is 0 Å². The lowest BCUT2D eigenvalue weighted by atomic mass is 9.95. The number of hydrogen-bond donors (Lipinski definition) is 2. The van der Waals surface area contributed by atoms with Gasteiger partial charge in [-0.25, -0.2) is 0 Å². The predicted octanol–water partition coefficient (Wildman–Crippen LogP) is 2.68. The Hall–Kier alpha value is -3.25. The van der Waals surface area contributed by atoms with Crippen molar-refractivity contribution in [2.45, 2.75) is 13.1 Å². The fraction of sp³-hybridized carbons (Fsp3) is 0.261. The van der Waals surface area contributed by atoms with E-state index in [-0.39, 0.29) is 12.5 Å². The number of nitrogens with zero attached hydrogens (tertiary/aromatic N) is 2. The van der Waals surface area contributed by atoms with Crippen LogP contribution in [-0.4, -0.2) is 40.0 Å². The summed E-state index contributed by atoms with van der Waals surface area (Å²) in [6.07, 6.45) is 0. The summed E-state index contributed by atoms with van der Waals surface area (Å²) < 4.78 is 0. The van der Waals surface area contributed by atoms with Gasteiger partial charge in [0, 0.05) is 25.0 Å². The third-order valence-corrected chi connectivity index (χ3v) is 5.40. The zero-order valence-corrected chi connectivity index (χ0v) is 16.0. The van der Waals surface area contributed by atoms with Crippen LogP contribution in [0.5, 0.6) is 0 Å². The molecule has 1 aliphatic rings. The zero-order valence-electron chi connectivity index (χ0n) is 16.0. The molecule has 3 aromatic rings. The Bertz CT molecular complexity index is 1020. The lowest BCUT2D eigenvalue weighted by Gasteiger charge is -2.16. The number of carbonyl (C=O) groups is 2. The van der Waals surface area contributed by atoms with E-state index in [1.54, 1.807) is 0 Å². The summed E-state index contributed by atoms with van der Waals surface area (Å²) >= 11 is 0. The number of para-hydroxylation sites is 1. The van der Waals surface area contributed by atoms with Crippen LogP contribution in [0, 0.1) is 11.8 Å². The van der Waals surface area contributed by atoms with E-state index in [9.17, 15) is 14.7 Å². The van der Waals surface area contributed by atoms with E-state index in [1.165, 1.54) is 0 Å². The highest BCUT2D eigenvalue weighted by molar-refractivity contribution is 5.85. The van der Waals surface area contributed by atoms with Crippen molar-refractivity contribution in [1.29, 1.82) is 0 Å². The molecular weight excluding hydrogens is 366 g/mol. The van der Waals surface area contributed by atoms with Gasteiger partial charge in [0.25, 0.3) is 0 Å². The van der Waals surface area contributed by atoms with E-state index in [2.05, 4.69) is 10.3 Å². The Morgan fingerprint density at radius 2 is 1.69 bits per heavy atom. The monoisotopic (exact) mass is 389 g/mol. The zero-order chi connectivity index (χ0) is 20.2. The van der Waals surface area contributed by atoms with Gasteiger partial charge in [0.05, 0.1) is 29.6 Å². The lowest BCUT2D eigenvalue weighted by Crippen LogP contribution is -2.37. The number of fused-ring (bicyclic) bond motifs is 1. The minimum absolute atomic E-state index is 0.233. The Morgan fingerprint density at radius 3 is 2.48 bits per heavy atom. The first-order valence-electron chi connectivity index (χ1n) is 9.71. The van der Waals surface area contributed by atoms with Crippen molar-refractivity contribution in [3.8, 4) is 0 Å². The first-order chi connectivity index (χ1) is 14.1. The number of benzene rings is 2. The molecule has 1 amide bonds. The number of likely N-dealkylation sites (tertiary alicyclic amines) is 1. The summed E-state index contributed by atoms with van der Waals surface area (Å²) in [4.78, 5) is 31.1. The molecule has 2 unspecified atom stereocenters. The Balaban J connectivity index is 1.41. The third kappa shape index (κ3) is 4.43. The summed E-state index contributed by atoms with van der Waals surface area (Å²) in [6.45, 7) is 1.73. The van der Waals surface area contributed by atoms with Gasteiger partial charge in [-0.3, -0.25) is 19.5 Å². The minimum Gasteiger partial charge on any atom is -0.481 e. The summed E-state index contributed by atoms with van der Waals surface area (Å²) in [5.74, 6) is -2.44. The standard InChI is InChI=1S/C23H23N3O3/c27-22(24-12-18-11-10-17-8-4-5-9-21(17)25-18)19-14-26(15-20(19)23(28)29)13-16-6-2-1-3-7-16/h1-11,19-20H,12-15H2,(H,24,27)(H,28,29). The molecular formula is C23H23N3O3. The van der Waals surface area contributed by atoms with Crippen LogP contribution in [0.1, 0.15) is 11.3 Å². The average molecular weight is 389 g/mol. The van der Waals surface area contributed by atoms with Crippen molar-refractivity contribution in [2.24, 2.45) is 11.8 Å². The maximum Gasteiger partial charge on any atom is 0.308 e. The van der Waals surface area contributed by atoms with Gasteiger partial charge in [0.1, 0.15) is 0 Å². The van der Waals surface area contributed by atoms with Crippen molar-refractivity contribution < 1.29 is 14.7 Å². The van der Waals surface area contributed by atoms with Crippen LogP contribution in [0.2, 0.25) is 0 Å². The smallest absolute Gasteiger partial charge is 0.308 e. The van der Waals surface area contributed by atoms with Crippen molar-refractivity contribution in [3.05, 3.63) is 78.0 Å². The molecule has 2 atom stereocenters. The summed E-state index contributed by atoms with van der Waals surface area (Å²) in [5.41, 5.74) is 2.73. The fourth-order valence-corrected chi connectivity index (χ4v) is 3.89. The molecule has 148 valence electrons. The van der Waals surface area contributed by atoms with Crippen LogP contribution < -0.4 is 5.32 Å². The number of rotatable bonds is 6. The van der Waals surface area contributed by atoms with Gasteiger partial charge in [-0.2, -0.15) is 0 Å². The SMILES string of the molecule is O=C(O)C1CN(Cc2ccccc2)CC1C(=O)NCc1ccc2ccccc2n1. The van der Waals surface area contributed by atoms with Gasteiger partial charge >= 0.3 is 5.97 Å². The predicted molar refractivity (Wildman–Crippen MR) is 110 cm³/mol. The molecule has 1 aromatic heterocycles. The van der Waals surface area contributed by atoms with Gasteiger partial charge in [-0.15, -0.1) is 0 Å². The maximum atomic E-state index is 12.8. The van der Waals surface area contributed by atoms with Crippen LogP contribution in [0.4, 0.5) is 0 Å². The number of pyridine rings is 1. The Morgan fingerprint density at radius 1 is 0.966 bits per heavy atom. The molecule has 2 heterocycles. The Kier molecular flexibility index (Phi) is 5.53. The number of nitrogens with one attached hydrogen (secondary N) is 1. The molecule has 6 heteroatoms. The van der Waals surface area contributed by atoms with Gasteiger partial charge < -0.3 is 10.4 Å². The Labute approximate surface area is 169 Å². The lowest BCUT2D eigenvalue weighted by molar-refractivity contribution is -0.145. The maximum absolute atomic E-state index is 12.8. The molecule has 6 nitrogen and oxygen atoms in total. The van der Waals surface area contributed by atoms with Crippen LogP contribution in [0.3, 0.4) is 0 Å². The highest BCUT2D eigenvalue weighted by Crippen LogP contribution is 2.26. The third-order valence-electron chi connectivity index (χ3n) is 5.40. The summed E-state index contributed by atoms with van der Waals surface area (Å²) in [5, 5.41) is 13.5. The molecule has 0 spiro atoms. The number of aliphatic carboxylic acids is 1. The highest BCUT2D eigenvalue weighted by Gasteiger charge is 2.41. The van der Waals surface area contributed by atoms with Crippen LogP contribution in [0.15, 0.2) is 66.7 Å². The largest absolute Gasteiger partial charge is 0.481 e. The van der Waals surface area contributed by atoms with Crippen molar-refractivity contribution in [3.63, 3.8) is 0 Å². The molecule has 0 saturated carbocycles. The normalized spacial score (nSPS) is 19.3. The molecule has 4 rings (SSSR count).